The zero-order valence-corrected chi connectivity index (χ0v) is 24.9. The Morgan fingerprint density at radius 2 is 1.07 bits per heavy atom. The molecule has 0 spiro atoms. The average Bonchev–Trinajstić information content (AvgIpc) is 3.48. The lowest BCUT2D eigenvalue weighted by Crippen LogP contribution is -2.38. The number of hydrogen-bond acceptors (Lipinski definition) is 3. The van der Waals surface area contributed by atoms with Crippen molar-refractivity contribution in [1.29, 1.82) is 0 Å². The third kappa shape index (κ3) is 7.53. The third-order valence-corrected chi connectivity index (χ3v) is 8.14. The number of para-hydroxylation sites is 1. The summed E-state index contributed by atoms with van der Waals surface area (Å²) in [4.78, 5) is 2.18. The van der Waals surface area contributed by atoms with Gasteiger partial charge in [-0.2, -0.15) is 0 Å². The van der Waals surface area contributed by atoms with Crippen molar-refractivity contribution in [1.82, 2.24) is 4.90 Å². The maximum atomic E-state index is 5.72. The molecule has 0 aromatic heterocycles. The van der Waals surface area contributed by atoms with Crippen molar-refractivity contribution >= 4 is 5.69 Å². The Kier molecular flexibility index (Phi) is 10.5. The van der Waals surface area contributed by atoms with Crippen LogP contribution in [0.3, 0.4) is 0 Å². The van der Waals surface area contributed by atoms with Gasteiger partial charge >= 0.3 is 0 Å². The highest BCUT2D eigenvalue weighted by atomic mass is 16.5. The summed E-state index contributed by atoms with van der Waals surface area (Å²) in [6, 6.07) is 40.6. The third-order valence-electron chi connectivity index (χ3n) is 8.14. The summed E-state index contributed by atoms with van der Waals surface area (Å²) < 4.78 is 5.72. The van der Waals surface area contributed by atoms with Crippen molar-refractivity contribution in [3.63, 3.8) is 0 Å². The Labute approximate surface area is 252 Å². The first-order chi connectivity index (χ1) is 20.8. The van der Waals surface area contributed by atoms with E-state index in [0.717, 1.165) is 17.8 Å². The van der Waals surface area contributed by atoms with Crippen LogP contribution in [0.15, 0.2) is 139 Å². The molecule has 3 nitrogen and oxygen atoms in total. The minimum absolute atomic E-state index is 0.517. The first kappa shape index (κ1) is 29.3. The predicted octanol–water partition coefficient (Wildman–Crippen LogP) is 10.0. The second-order valence-corrected chi connectivity index (χ2v) is 11.3. The lowest BCUT2D eigenvalue weighted by molar-refractivity contribution is 0.126. The Hall–Kier alpha value is -4.24. The molecule has 1 heterocycles. The number of allylic oxidation sites excluding steroid dienone is 2. The molecule has 0 radical (unpaired) electrons. The minimum Gasteiger partial charge on any atom is -0.480 e. The number of anilines is 1. The second kappa shape index (κ2) is 15.1. The van der Waals surface area contributed by atoms with E-state index in [2.05, 4.69) is 138 Å². The van der Waals surface area contributed by atoms with Crippen LogP contribution in [0.5, 0.6) is 0 Å². The van der Waals surface area contributed by atoms with Gasteiger partial charge in [0.05, 0.1) is 6.26 Å². The van der Waals surface area contributed by atoms with Gasteiger partial charge in [0, 0.05) is 18.4 Å². The van der Waals surface area contributed by atoms with Gasteiger partial charge in [-0.1, -0.05) is 154 Å². The Morgan fingerprint density at radius 3 is 1.57 bits per heavy atom. The highest BCUT2D eigenvalue weighted by Gasteiger charge is 2.36. The molecule has 1 saturated carbocycles. The van der Waals surface area contributed by atoms with Gasteiger partial charge in [-0.05, 0) is 46.9 Å². The van der Waals surface area contributed by atoms with Crippen molar-refractivity contribution in [3.05, 3.63) is 162 Å². The molecule has 3 heteroatoms. The number of hydrogen-bond donors (Lipinski definition) is 1. The van der Waals surface area contributed by atoms with E-state index in [0.29, 0.717) is 6.73 Å². The summed E-state index contributed by atoms with van der Waals surface area (Å²) in [6.45, 7) is 3.29. The zero-order valence-electron chi connectivity index (χ0n) is 24.9. The Bertz CT molecular complexity index is 1300. The normalized spacial score (nSPS) is 15.3. The van der Waals surface area contributed by atoms with Gasteiger partial charge in [0.1, 0.15) is 5.54 Å². The van der Waals surface area contributed by atoms with Crippen LogP contribution in [-0.4, -0.2) is 11.6 Å². The summed E-state index contributed by atoms with van der Waals surface area (Å²) in [7, 11) is 0. The molecule has 42 heavy (non-hydrogen) atoms. The summed E-state index contributed by atoms with van der Waals surface area (Å²) in [5, 5.41) is 4.02. The zero-order chi connectivity index (χ0) is 28.9. The second-order valence-electron chi connectivity index (χ2n) is 11.3. The van der Waals surface area contributed by atoms with E-state index in [1.54, 1.807) is 0 Å². The largest absolute Gasteiger partial charge is 0.480 e. The molecule has 216 valence electrons. The maximum Gasteiger partial charge on any atom is 0.160 e. The molecule has 4 aromatic carbocycles. The topological polar surface area (TPSA) is 24.5 Å². The molecule has 1 aliphatic heterocycles. The van der Waals surface area contributed by atoms with Gasteiger partial charge in [-0.15, -0.1) is 0 Å². The van der Waals surface area contributed by atoms with Crippen molar-refractivity contribution in [2.24, 2.45) is 0 Å². The van der Waals surface area contributed by atoms with Crippen LogP contribution in [0.2, 0.25) is 0 Å². The lowest BCUT2D eigenvalue weighted by atomic mass is 9.76. The minimum atomic E-state index is -0.566. The molecule has 4 aromatic rings. The highest BCUT2D eigenvalue weighted by molar-refractivity contribution is 5.62. The SMILES string of the molecule is C1CCCCCC1.CC1=COCN(Cc2ccccc2NC(c2ccccc2)(c2ccccc2)c2ccccc2)C=C1. The summed E-state index contributed by atoms with van der Waals surface area (Å²) in [6.07, 6.45) is 16.5. The van der Waals surface area contributed by atoms with E-state index < -0.39 is 5.54 Å². The average molecular weight is 557 g/mol. The molecule has 1 fully saturated rings. The van der Waals surface area contributed by atoms with Crippen LogP contribution >= 0.6 is 0 Å². The predicted molar refractivity (Wildman–Crippen MR) is 176 cm³/mol. The maximum absolute atomic E-state index is 5.72. The van der Waals surface area contributed by atoms with E-state index in [-0.39, 0.29) is 0 Å². The summed E-state index contributed by atoms with van der Waals surface area (Å²) >= 11 is 0. The van der Waals surface area contributed by atoms with Crippen LogP contribution < -0.4 is 5.32 Å². The molecule has 1 aliphatic carbocycles. The van der Waals surface area contributed by atoms with E-state index in [9.17, 15) is 0 Å². The fraction of sp³-hybridized carbons (Fsp3) is 0.282. The van der Waals surface area contributed by atoms with Gasteiger partial charge in [0.2, 0.25) is 0 Å². The number of benzene rings is 4. The fourth-order valence-electron chi connectivity index (χ4n) is 5.89. The molecule has 0 bridgehead atoms. The molecule has 6 rings (SSSR count). The van der Waals surface area contributed by atoms with E-state index in [4.69, 9.17) is 4.74 Å². The summed E-state index contributed by atoms with van der Waals surface area (Å²) in [5.41, 5.74) is 6.39. The first-order valence-corrected chi connectivity index (χ1v) is 15.5. The molecule has 1 N–H and O–H groups in total. The number of nitrogens with zero attached hydrogens (tertiary/aromatic N) is 1. The molecular weight excluding hydrogens is 512 g/mol. The molecule has 0 amide bonds. The van der Waals surface area contributed by atoms with E-state index in [1.165, 1.54) is 67.2 Å². The van der Waals surface area contributed by atoms with Crippen molar-refractivity contribution in [3.8, 4) is 0 Å². The van der Waals surface area contributed by atoms with Gasteiger partial charge in [0.15, 0.2) is 6.73 Å². The van der Waals surface area contributed by atoms with Crippen LogP contribution in [0.1, 0.15) is 74.1 Å². The molecule has 2 aliphatic rings. The molecule has 0 saturated heterocycles. The van der Waals surface area contributed by atoms with Gasteiger partial charge in [0.25, 0.3) is 0 Å². The lowest BCUT2D eigenvalue weighted by Gasteiger charge is -2.38. The smallest absolute Gasteiger partial charge is 0.160 e. The first-order valence-electron chi connectivity index (χ1n) is 15.5. The van der Waals surface area contributed by atoms with Gasteiger partial charge in [-0.3, -0.25) is 0 Å². The van der Waals surface area contributed by atoms with Crippen molar-refractivity contribution in [2.75, 3.05) is 12.0 Å². The monoisotopic (exact) mass is 556 g/mol. The molecule has 0 atom stereocenters. The van der Waals surface area contributed by atoms with Gasteiger partial charge < -0.3 is 15.0 Å². The van der Waals surface area contributed by atoms with E-state index in [1.807, 2.05) is 13.2 Å². The molecular formula is C39H44N2O. The van der Waals surface area contributed by atoms with Crippen LogP contribution in [-0.2, 0) is 16.8 Å². The van der Waals surface area contributed by atoms with Gasteiger partial charge in [-0.25, -0.2) is 0 Å². The highest BCUT2D eigenvalue weighted by Crippen LogP contribution is 2.40. The number of nitrogens with one attached hydrogen (secondary N) is 1. The summed E-state index contributed by atoms with van der Waals surface area (Å²) in [5.74, 6) is 0. The van der Waals surface area contributed by atoms with Crippen LogP contribution in [0.4, 0.5) is 5.69 Å². The Balaban J connectivity index is 0.000000442. The number of rotatable bonds is 7. The van der Waals surface area contributed by atoms with Crippen LogP contribution in [0.25, 0.3) is 0 Å². The fourth-order valence-corrected chi connectivity index (χ4v) is 5.89. The van der Waals surface area contributed by atoms with Crippen molar-refractivity contribution < 1.29 is 4.74 Å². The number of ether oxygens (including phenoxy) is 1. The standard InChI is InChI=1S/C32H30N2O.C7H14/c1-26-21-22-34(25-35-24-26)23-27-13-11-12-20-31(27)33-32(28-14-5-2-6-15-28,29-16-7-3-8-17-29)30-18-9-4-10-19-30;1-2-4-6-7-5-3-1/h2-22,24,33H,23,25H2,1H3;1-7H2. The Morgan fingerprint density at radius 1 is 0.619 bits per heavy atom. The molecule has 0 unspecified atom stereocenters. The van der Waals surface area contributed by atoms with Crippen molar-refractivity contribution in [2.45, 2.75) is 64.0 Å². The van der Waals surface area contributed by atoms with E-state index >= 15 is 0 Å². The van der Waals surface area contributed by atoms with Crippen LogP contribution in [0, 0.1) is 0 Å². The quantitative estimate of drug-likeness (QED) is 0.181.